The van der Waals surface area contributed by atoms with E-state index >= 15 is 0 Å². The van der Waals surface area contributed by atoms with Gasteiger partial charge in [0.1, 0.15) is 0 Å². The molecule has 2 aliphatic heterocycles. The molecule has 118 valence electrons. The molecule has 3 heterocycles. The molecule has 4 rings (SSSR count). The zero-order chi connectivity index (χ0) is 16.0. The quantitative estimate of drug-likeness (QED) is 0.808. The summed E-state index contributed by atoms with van der Waals surface area (Å²) in [5.41, 5.74) is 1.66. The van der Waals surface area contributed by atoms with E-state index in [0.29, 0.717) is 36.1 Å². The monoisotopic (exact) mass is 328 g/mol. The van der Waals surface area contributed by atoms with E-state index in [0.717, 1.165) is 12.1 Å². The van der Waals surface area contributed by atoms with Crippen molar-refractivity contribution in [3.63, 3.8) is 0 Å². The van der Waals surface area contributed by atoms with E-state index < -0.39 is 0 Å². The summed E-state index contributed by atoms with van der Waals surface area (Å²) in [5, 5.41) is 0.491. The molecule has 1 amide bonds. The van der Waals surface area contributed by atoms with Crippen molar-refractivity contribution >= 4 is 17.5 Å². The fourth-order valence-electron chi connectivity index (χ4n) is 3.87. The molecule has 1 aromatic carbocycles. The number of carbonyl (C=O) groups is 1. The van der Waals surface area contributed by atoms with Crippen molar-refractivity contribution < 1.29 is 4.79 Å². The third-order valence-corrected chi connectivity index (χ3v) is 5.20. The Labute approximate surface area is 139 Å². The van der Waals surface area contributed by atoms with Crippen LogP contribution in [0.3, 0.4) is 0 Å². The topological polar surface area (TPSA) is 42.3 Å². The Balaban J connectivity index is 1.65. The van der Waals surface area contributed by atoms with Gasteiger partial charge in [0.2, 0.25) is 0 Å². The van der Waals surface area contributed by atoms with Crippen LogP contribution in [0.1, 0.15) is 28.4 Å². The highest BCUT2D eigenvalue weighted by Crippen LogP contribution is 2.35. The first kappa shape index (κ1) is 14.5. The maximum Gasteiger partial charge on any atom is 0.255 e. The van der Waals surface area contributed by atoms with Crippen LogP contribution in [0, 0.1) is 5.92 Å². The zero-order valence-corrected chi connectivity index (χ0v) is 13.4. The van der Waals surface area contributed by atoms with Crippen LogP contribution >= 0.6 is 11.6 Å². The van der Waals surface area contributed by atoms with Gasteiger partial charge in [-0.2, -0.15) is 0 Å². The number of piperidine rings is 1. The SMILES string of the molecule is O=C(c1ccccc1Cl)N1CC2CC(C1)c1cccc(=O)n1C2. The van der Waals surface area contributed by atoms with Gasteiger partial charge in [-0.15, -0.1) is 0 Å². The van der Waals surface area contributed by atoms with Gasteiger partial charge < -0.3 is 9.47 Å². The van der Waals surface area contributed by atoms with Gasteiger partial charge in [0.25, 0.3) is 11.5 Å². The average Bonchev–Trinajstić information content (AvgIpc) is 2.55. The van der Waals surface area contributed by atoms with E-state index in [4.69, 9.17) is 11.6 Å². The number of hydrogen-bond donors (Lipinski definition) is 0. The van der Waals surface area contributed by atoms with Crippen LogP contribution in [0.5, 0.6) is 0 Å². The summed E-state index contributed by atoms with van der Waals surface area (Å²) in [6.07, 6.45) is 1.04. The van der Waals surface area contributed by atoms with Crippen LogP contribution in [0.4, 0.5) is 0 Å². The molecule has 0 saturated carbocycles. The second kappa shape index (κ2) is 5.53. The summed E-state index contributed by atoms with van der Waals surface area (Å²) in [6, 6.07) is 12.6. The molecular weight excluding hydrogens is 312 g/mol. The normalized spacial score (nSPS) is 22.6. The second-order valence-corrected chi connectivity index (χ2v) is 6.80. The van der Waals surface area contributed by atoms with Gasteiger partial charge in [-0.05, 0) is 30.5 Å². The van der Waals surface area contributed by atoms with Gasteiger partial charge >= 0.3 is 0 Å². The molecule has 2 aliphatic rings. The van der Waals surface area contributed by atoms with Gasteiger partial charge in [0, 0.05) is 37.3 Å². The van der Waals surface area contributed by atoms with E-state index in [1.54, 1.807) is 18.2 Å². The Morgan fingerprint density at radius 2 is 1.87 bits per heavy atom. The van der Waals surface area contributed by atoms with Crippen LogP contribution < -0.4 is 5.56 Å². The first-order valence-corrected chi connectivity index (χ1v) is 8.25. The minimum absolute atomic E-state index is 0.0166. The smallest absolute Gasteiger partial charge is 0.255 e. The number of rotatable bonds is 1. The summed E-state index contributed by atoms with van der Waals surface area (Å²) in [4.78, 5) is 26.7. The fourth-order valence-corrected chi connectivity index (χ4v) is 4.08. The lowest BCUT2D eigenvalue weighted by atomic mass is 9.83. The Morgan fingerprint density at radius 1 is 1.04 bits per heavy atom. The Morgan fingerprint density at radius 3 is 2.70 bits per heavy atom. The molecule has 0 radical (unpaired) electrons. The summed E-state index contributed by atoms with van der Waals surface area (Å²) >= 11 is 6.17. The lowest BCUT2D eigenvalue weighted by Gasteiger charge is -2.42. The molecule has 2 atom stereocenters. The standard InChI is InChI=1S/C18H17ClN2O2/c19-15-5-2-1-4-14(15)18(23)20-9-12-8-13(11-20)16-6-3-7-17(22)21(16)10-12/h1-7,12-13H,8-11H2. The lowest BCUT2D eigenvalue weighted by molar-refractivity contribution is 0.0595. The van der Waals surface area contributed by atoms with Gasteiger partial charge in [0.05, 0.1) is 10.6 Å². The molecule has 23 heavy (non-hydrogen) atoms. The van der Waals surface area contributed by atoms with Crippen molar-refractivity contribution in [3.05, 3.63) is 69.1 Å². The van der Waals surface area contributed by atoms with Gasteiger partial charge in [-0.3, -0.25) is 9.59 Å². The van der Waals surface area contributed by atoms with Gasteiger partial charge in [-0.1, -0.05) is 29.8 Å². The molecule has 0 N–H and O–H groups in total. The first-order chi connectivity index (χ1) is 11.1. The number of likely N-dealkylation sites (tertiary alicyclic amines) is 1. The maximum atomic E-state index is 12.8. The second-order valence-electron chi connectivity index (χ2n) is 6.39. The van der Waals surface area contributed by atoms with Crippen LogP contribution in [-0.4, -0.2) is 28.5 Å². The Hall–Kier alpha value is -2.07. The molecule has 2 bridgehead atoms. The molecule has 2 unspecified atom stereocenters. The minimum Gasteiger partial charge on any atom is -0.338 e. The number of hydrogen-bond acceptors (Lipinski definition) is 2. The van der Waals surface area contributed by atoms with E-state index in [-0.39, 0.29) is 17.4 Å². The van der Waals surface area contributed by atoms with E-state index in [1.807, 2.05) is 33.7 Å². The molecule has 1 aromatic heterocycles. The van der Waals surface area contributed by atoms with Crippen LogP contribution in [0.15, 0.2) is 47.3 Å². The third kappa shape index (κ3) is 2.47. The summed E-state index contributed by atoms with van der Waals surface area (Å²) in [7, 11) is 0. The largest absolute Gasteiger partial charge is 0.338 e. The van der Waals surface area contributed by atoms with Crippen molar-refractivity contribution in [1.29, 1.82) is 0 Å². The summed E-state index contributed by atoms with van der Waals surface area (Å²) in [6.45, 7) is 2.02. The molecular formula is C18H17ClN2O2. The number of nitrogens with zero attached hydrogens (tertiary/aromatic N) is 2. The van der Waals surface area contributed by atoms with E-state index in [1.165, 1.54) is 0 Å². The summed E-state index contributed by atoms with van der Waals surface area (Å²) in [5.74, 6) is 0.535. The number of amides is 1. The maximum absolute atomic E-state index is 12.8. The van der Waals surface area contributed by atoms with Crippen molar-refractivity contribution in [2.24, 2.45) is 5.92 Å². The van der Waals surface area contributed by atoms with E-state index in [9.17, 15) is 9.59 Å². The molecule has 2 aromatic rings. The number of benzene rings is 1. The Kier molecular flexibility index (Phi) is 3.49. The van der Waals surface area contributed by atoms with Crippen LogP contribution in [-0.2, 0) is 6.54 Å². The van der Waals surface area contributed by atoms with Crippen molar-refractivity contribution in [2.45, 2.75) is 18.9 Å². The zero-order valence-electron chi connectivity index (χ0n) is 12.6. The van der Waals surface area contributed by atoms with Crippen LogP contribution in [0.25, 0.3) is 0 Å². The molecule has 1 fully saturated rings. The highest BCUT2D eigenvalue weighted by molar-refractivity contribution is 6.33. The van der Waals surface area contributed by atoms with Crippen molar-refractivity contribution in [1.82, 2.24) is 9.47 Å². The first-order valence-electron chi connectivity index (χ1n) is 7.87. The lowest BCUT2D eigenvalue weighted by Crippen LogP contribution is -2.49. The predicted octanol–water partition coefficient (Wildman–Crippen LogP) is 2.76. The van der Waals surface area contributed by atoms with Crippen molar-refractivity contribution in [3.8, 4) is 0 Å². The highest BCUT2D eigenvalue weighted by atomic mass is 35.5. The summed E-state index contributed by atoms with van der Waals surface area (Å²) < 4.78 is 1.87. The molecule has 5 heteroatoms. The number of halogens is 1. The molecule has 1 saturated heterocycles. The molecule has 4 nitrogen and oxygen atoms in total. The fraction of sp³-hybridized carbons (Fsp3) is 0.333. The molecule has 0 spiro atoms. The number of aromatic nitrogens is 1. The number of carbonyl (C=O) groups excluding carboxylic acids is 1. The van der Waals surface area contributed by atoms with E-state index in [2.05, 4.69) is 0 Å². The Bertz CT molecular complexity index is 830. The number of fused-ring (bicyclic) bond motifs is 4. The average molecular weight is 329 g/mol. The number of pyridine rings is 1. The van der Waals surface area contributed by atoms with Gasteiger partial charge in [0.15, 0.2) is 0 Å². The minimum atomic E-state index is -0.0166. The predicted molar refractivity (Wildman–Crippen MR) is 88.9 cm³/mol. The molecule has 0 aliphatic carbocycles. The van der Waals surface area contributed by atoms with Gasteiger partial charge in [-0.25, -0.2) is 0 Å². The highest BCUT2D eigenvalue weighted by Gasteiger charge is 2.36. The van der Waals surface area contributed by atoms with Crippen LogP contribution in [0.2, 0.25) is 5.02 Å². The van der Waals surface area contributed by atoms with Crippen molar-refractivity contribution in [2.75, 3.05) is 13.1 Å². The third-order valence-electron chi connectivity index (χ3n) is 4.87.